The Morgan fingerprint density at radius 3 is 2.20 bits per heavy atom. The van der Waals surface area contributed by atoms with Crippen molar-refractivity contribution in [2.45, 2.75) is 0 Å². The van der Waals surface area contributed by atoms with E-state index in [1.807, 2.05) is 0 Å². The van der Waals surface area contributed by atoms with E-state index < -0.39 is 0 Å². The number of hydrogen-bond acceptors (Lipinski definition) is 2. The molecule has 0 aromatic rings. The topological polar surface area (TPSA) is 32.3 Å². The molecule has 0 spiro atoms. The first-order chi connectivity index (χ1) is 4.30. The third kappa shape index (κ3) is 3.25. The Balaban J connectivity index is 0.000000810. The molecule has 54 valence electrons. The molecule has 1 rings (SSSR count). The normalized spacial score (nSPS) is 17.9. The van der Waals surface area contributed by atoms with Crippen molar-refractivity contribution in [2.24, 2.45) is 0 Å². The summed E-state index contributed by atoms with van der Waals surface area (Å²) >= 11 is 3.70. The van der Waals surface area contributed by atoms with Crippen LogP contribution in [0.15, 0.2) is 0 Å². The molecular weight excluding hydrogens is 159 g/mol. The molecule has 0 atom stereocenters. The standard InChI is InChI=1S/C5H10N2OS.Na.H/c8-5(9)7-3-1-6-2-4-7;;/h6H,1-4H2,(H,8,9);;. The zero-order valence-corrected chi connectivity index (χ0v) is 6.03. The predicted molar refractivity (Wildman–Crippen MR) is 46.0 cm³/mol. The summed E-state index contributed by atoms with van der Waals surface area (Å²) in [5, 5.41) is 3.03. The SMILES string of the molecule is O=C(S)N1CCNCC1.[NaH]. The van der Waals surface area contributed by atoms with E-state index in [0.29, 0.717) is 0 Å². The molecule has 1 N–H and O–H groups in total. The molecule has 1 heterocycles. The quantitative estimate of drug-likeness (QED) is 0.372. The van der Waals surface area contributed by atoms with Gasteiger partial charge in [0, 0.05) is 26.2 Å². The predicted octanol–water partition coefficient (Wildman–Crippen LogP) is -0.707. The number of thiol groups is 1. The molecular formula is C5H11N2NaOS. The monoisotopic (exact) mass is 170 g/mol. The summed E-state index contributed by atoms with van der Waals surface area (Å²) in [5.74, 6) is 0. The van der Waals surface area contributed by atoms with E-state index in [9.17, 15) is 4.79 Å². The van der Waals surface area contributed by atoms with Crippen molar-refractivity contribution in [3.63, 3.8) is 0 Å². The third-order valence-corrected chi connectivity index (χ3v) is 1.67. The Hall–Kier alpha value is 0.780. The molecule has 0 aromatic heterocycles. The van der Waals surface area contributed by atoms with Gasteiger partial charge in [0.05, 0.1) is 0 Å². The van der Waals surface area contributed by atoms with Crippen LogP contribution in [-0.4, -0.2) is 65.9 Å². The van der Waals surface area contributed by atoms with Crippen LogP contribution in [0.3, 0.4) is 0 Å². The first kappa shape index (κ1) is 10.8. The van der Waals surface area contributed by atoms with Crippen LogP contribution >= 0.6 is 12.6 Å². The second-order valence-corrected chi connectivity index (χ2v) is 2.40. The Kier molecular flexibility index (Phi) is 5.86. The summed E-state index contributed by atoms with van der Waals surface area (Å²) in [6.45, 7) is 3.38. The molecule has 1 fully saturated rings. The molecule has 0 saturated carbocycles. The molecule has 0 unspecified atom stereocenters. The summed E-state index contributed by atoms with van der Waals surface area (Å²) in [6.07, 6.45) is 0. The van der Waals surface area contributed by atoms with Crippen LogP contribution in [0.25, 0.3) is 0 Å². The van der Waals surface area contributed by atoms with Gasteiger partial charge in [-0.15, -0.1) is 0 Å². The van der Waals surface area contributed by atoms with Crippen molar-refractivity contribution in [2.75, 3.05) is 26.2 Å². The van der Waals surface area contributed by atoms with Gasteiger partial charge >= 0.3 is 29.6 Å². The van der Waals surface area contributed by atoms with Crippen LogP contribution in [-0.2, 0) is 0 Å². The van der Waals surface area contributed by atoms with Gasteiger partial charge in [0.1, 0.15) is 0 Å². The van der Waals surface area contributed by atoms with Crippen LogP contribution in [0.4, 0.5) is 4.79 Å². The average Bonchev–Trinajstić information content (AvgIpc) is 1.90. The molecule has 1 amide bonds. The van der Waals surface area contributed by atoms with Crippen molar-refractivity contribution in [1.82, 2.24) is 10.2 Å². The Bertz CT molecular complexity index is 116. The fourth-order valence-electron chi connectivity index (χ4n) is 0.856. The minimum atomic E-state index is -0.114. The Labute approximate surface area is 88.2 Å². The van der Waals surface area contributed by atoms with Gasteiger partial charge in [-0.05, 0) is 0 Å². The van der Waals surface area contributed by atoms with Crippen LogP contribution in [0.2, 0.25) is 0 Å². The van der Waals surface area contributed by atoms with Gasteiger partial charge in [0.15, 0.2) is 0 Å². The first-order valence-corrected chi connectivity index (χ1v) is 3.44. The number of nitrogens with one attached hydrogen (secondary N) is 1. The number of rotatable bonds is 0. The fraction of sp³-hybridized carbons (Fsp3) is 0.800. The van der Waals surface area contributed by atoms with Crippen LogP contribution < -0.4 is 5.32 Å². The third-order valence-electron chi connectivity index (χ3n) is 1.39. The summed E-state index contributed by atoms with van der Waals surface area (Å²) in [5.41, 5.74) is 0. The summed E-state index contributed by atoms with van der Waals surface area (Å²) < 4.78 is 0. The van der Waals surface area contributed by atoms with Crippen molar-refractivity contribution < 1.29 is 4.79 Å². The molecule has 1 saturated heterocycles. The van der Waals surface area contributed by atoms with Crippen molar-refractivity contribution in [3.05, 3.63) is 0 Å². The zero-order valence-electron chi connectivity index (χ0n) is 5.13. The number of carbonyl (C=O) groups excluding carboxylic acids is 1. The summed E-state index contributed by atoms with van der Waals surface area (Å²) in [7, 11) is 0. The second-order valence-electron chi connectivity index (χ2n) is 2.02. The van der Waals surface area contributed by atoms with E-state index in [1.54, 1.807) is 4.90 Å². The first-order valence-electron chi connectivity index (χ1n) is 2.99. The Morgan fingerprint density at radius 2 is 1.90 bits per heavy atom. The average molecular weight is 170 g/mol. The second kappa shape index (κ2) is 5.43. The van der Waals surface area contributed by atoms with Gasteiger partial charge in [-0.2, -0.15) is 0 Å². The molecule has 10 heavy (non-hydrogen) atoms. The summed E-state index contributed by atoms with van der Waals surface area (Å²) in [4.78, 5) is 12.3. The number of nitrogens with zero attached hydrogens (tertiary/aromatic N) is 1. The van der Waals surface area contributed by atoms with Crippen LogP contribution in [0.5, 0.6) is 0 Å². The van der Waals surface area contributed by atoms with E-state index in [1.165, 1.54) is 0 Å². The van der Waals surface area contributed by atoms with Gasteiger partial charge in [-0.1, -0.05) is 12.6 Å². The number of piperazine rings is 1. The van der Waals surface area contributed by atoms with E-state index in [0.717, 1.165) is 26.2 Å². The zero-order chi connectivity index (χ0) is 6.69. The van der Waals surface area contributed by atoms with E-state index in [-0.39, 0.29) is 34.8 Å². The van der Waals surface area contributed by atoms with Crippen molar-refractivity contribution in [3.8, 4) is 0 Å². The molecule has 0 aromatic carbocycles. The number of carbonyl (C=O) groups is 1. The summed E-state index contributed by atoms with van der Waals surface area (Å²) in [6, 6.07) is 0. The Morgan fingerprint density at radius 1 is 1.40 bits per heavy atom. The maximum absolute atomic E-state index is 10.6. The molecule has 0 radical (unpaired) electrons. The van der Waals surface area contributed by atoms with E-state index in [4.69, 9.17) is 0 Å². The van der Waals surface area contributed by atoms with Gasteiger partial charge < -0.3 is 10.2 Å². The van der Waals surface area contributed by atoms with Crippen LogP contribution in [0, 0.1) is 0 Å². The molecule has 1 aliphatic heterocycles. The molecule has 3 nitrogen and oxygen atoms in total. The molecule has 1 aliphatic rings. The molecule has 0 aliphatic carbocycles. The van der Waals surface area contributed by atoms with Crippen LogP contribution in [0.1, 0.15) is 0 Å². The number of hydrogen-bond donors (Lipinski definition) is 2. The maximum atomic E-state index is 10.6. The molecule has 0 bridgehead atoms. The molecule has 5 heteroatoms. The van der Waals surface area contributed by atoms with Crippen molar-refractivity contribution >= 4 is 47.4 Å². The van der Waals surface area contributed by atoms with Gasteiger partial charge in [0.25, 0.3) is 5.24 Å². The van der Waals surface area contributed by atoms with Crippen molar-refractivity contribution in [1.29, 1.82) is 0 Å². The van der Waals surface area contributed by atoms with Gasteiger partial charge in [-0.25, -0.2) is 0 Å². The van der Waals surface area contributed by atoms with Gasteiger partial charge in [0.2, 0.25) is 0 Å². The van der Waals surface area contributed by atoms with E-state index >= 15 is 0 Å². The fourth-order valence-corrected chi connectivity index (χ4v) is 1.06. The minimum absolute atomic E-state index is 0. The number of amides is 1. The van der Waals surface area contributed by atoms with E-state index in [2.05, 4.69) is 17.9 Å². The van der Waals surface area contributed by atoms with Gasteiger partial charge in [-0.3, -0.25) is 4.79 Å².